The Morgan fingerprint density at radius 3 is 2.44 bits per heavy atom. The molecule has 0 saturated heterocycles. The maximum absolute atomic E-state index is 12.4. The molecule has 8 heteroatoms. The van der Waals surface area contributed by atoms with Crippen LogP contribution in [0.4, 0.5) is 0 Å². The molecule has 0 fully saturated rings. The molecule has 0 aliphatic heterocycles. The van der Waals surface area contributed by atoms with Gasteiger partial charge in [0.1, 0.15) is 12.3 Å². The van der Waals surface area contributed by atoms with Crippen molar-refractivity contribution in [3.8, 4) is 11.4 Å². The summed E-state index contributed by atoms with van der Waals surface area (Å²) in [5, 5.41) is 16.9. The van der Waals surface area contributed by atoms with Crippen LogP contribution in [0, 0.1) is 0 Å². The number of amides is 1. The molecule has 1 heterocycles. The first kappa shape index (κ1) is 18.4. The number of hydrogen-bond donors (Lipinski definition) is 1. The summed E-state index contributed by atoms with van der Waals surface area (Å²) in [5.74, 6) is -0.804. The van der Waals surface area contributed by atoms with Crippen molar-refractivity contribution in [2.75, 3.05) is 13.6 Å². The second-order valence-electron chi connectivity index (χ2n) is 5.87. The van der Waals surface area contributed by atoms with Crippen molar-refractivity contribution >= 4 is 11.9 Å². The van der Waals surface area contributed by atoms with Gasteiger partial charge >= 0.3 is 5.97 Å². The minimum atomic E-state index is -1.08. The largest absolute Gasteiger partial charge is 0.491 e. The lowest BCUT2D eigenvalue weighted by atomic mass is 10.2. The lowest BCUT2D eigenvalue weighted by Crippen LogP contribution is -2.32. The molecule has 0 aliphatic carbocycles. The average Bonchev–Trinajstić information content (AvgIpc) is 2.97. The second kappa shape index (κ2) is 7.78. The van der Waals surface area contributed by atoms with Crippen LogP contribution >= 0.6 is 0 Å². The minimum Gasteiger partial charge on any atom is -0.491 e. The number of carboxylic acid groups (broad SMARTS) is 1. The van der Waals surface area contributed by atoms with Crippen LogP contribution in [-0.4, -0.2) is 56.6 Å². The molecular formula is C17H22N4O4. The number of benzene rings is 1. The summed E-state index contributed by atoms with van der Waals surface area (Å²) >= 11 is 0. The predicted molar refractivity (Wildman–Crippen MR) is 91.1 cm³/mol. The van der Waals surface area contributed by atoms with Crippen molar-refractivity contribution < 1.29 is 19.4 Å². The van der Waals surface area contributed by atoms with Gasteiger partial charge in [0.05, 0.1) is 17.5 Å². The van der Waals surface area contributed by atoms with Gasteiger partial charge in [0, 0.05) is 7.05 Å². The fourth-order valence-electron chi connectivity index (χ4n) is 2.39. The third-order valence-electron chi connectivity index (χ3n) is 3.47. The smallest absolute Gasteiger partial charge is 0.323 e. The lowest BCUT2D eigenvalue weighted by Gasteiger charge is -2.14. The first-order chi connectivity index (χ1) is 11.8. The third kappa shape index (κ3) is 4.34. The molecular weight excluding hydrogens is 324 g/mol. The normalized spacial score (nSPS) is 10.8. The maximum Gasteiger partial charge on any atom is 0.323 e. The van der Waals surface area contributed by atoms with Crippen molar-refractivity contribution in [2.24, 2.45) is 0 Å². The second-order valence-corrected chi connectivity index (χ2v) is 5.87. The van der Waals surface area contributed by atoms with E-state index in [2.05, 4.69) is 10.3 Å². The number of ether oxygens (including phenoxy) is 1. The molecule has 1 N–H and O–H groups in total. The Balaban J connectivity index is 2.30. The fraction of sp³-hybridized carbons (Fsp3) is 0.412. The molecule has 2 rings (SSSR count). The molecule has 134 valence electrons. The van der Waals surface area contributed by atoms with Crippen LogP contribution in [0.5, 0.6) is 5.75 Å². The summed E-state index contributed by atoms with van der Waals surface area (Å²) in [6.45, 7) is 5.40. The molecule has 8 nitrogen and oxygen atoms in total. The van der Waals surface area contributed by atoms with Crippen LogP contribution in [0.3, 0.4) is 0 Å². The summed E-state index contributed by atoms with van der Waals surface area (Å²) in [4.78, 5) is 24.3. The summed E-state index contributed by atoms with van der Waals surface area (Å²) in [6, 6.07) is 7.32. The Morgan fingerprint density at radius 1 is 1.28 bits per heavy atom. The zero-order valence-electron chi connectivity index (χ0n) is 14.8. The van der Waals surface area contributed by atoms with E-state index in [0.717, 1.165) is 16.3 Å². The Bertz CT molecular complexity index is 753. The summed E-state index contributed by atoms with van der Waals surface area (Å²) in [6.07, 6.45) is 0.608. The summed E-state index contributed by atoms with van der Waals surface area (Å²) in [7, 11) is 1.42. The number of nitrogens with zero attached hydrogens (tertiary/aromatic N) is 4. The van der Waals surface area contributed by atoms with E-state index in [1.54, 1.807) is 4.68 Å². The van der Waals surface area contributed by atoms with Gasteiger partial charge in [0.2, 0.25) is 0 Å². The number of likely N-dealkylation sites (N-methyl/N-ethyl adjacent to an activating group) is 1. The van der Waals surface area contributed by atoms with Crippen LogP contribution in [-0.2, 0) is 11.2 Å². The number of rotatable bonds is 7. The third-order valence-corrected chi connectivity index (χ3v) is 3.47. The Labute approximate surface area is 146 Å². The first-order valence-electron chi connectivity index (χ1n) is 8.02. The van der Waals surface area contributed by atoms with Crippen LogP contribution in [0.1, 0.15) is 37.0 Å². The van der Waals surface area contributed by atoms with E-state index < -0.39 is 18.4 Å². The highest BCUT2D eigenvalue weighted by molar-refractivity contribution is 5.94. The van der Waals surface area contributed by atoms with Crippen molar-refractivity contribution in [3.05, 3.63) is 35.7 Å². The molecule has 0 aliphatic rings. The number of aliphatic carboxylic acids is 1. The van der Waals surface area contributed by atoms with Gasteiger partial charge in [-0.05, 0) is 44.5 Å². The SMILES string of the molecule is CCc1c(C(=O)N(C)CC(=O)O)nnn1-c1ccc(OC(C)C)cc1. The van der Waals surface area contributed by atoms with Gasteiger partial charge in [0.25, 0.3) is 5.91 Å². The standard InChI is InChI=1S/C17H22N4O4/c1-5-14-16(17(24)20(4)10-15(22)23)18-19-21(14)12-6-8-13(9-7-12)25-11(2)3/h6-9,11H,5,10H2,1-4H3,(H,22,23). The van der Waals surface area contributed by atoms with Crippen molar-refractivity contribution in [3.63, 3.8) is 0 Å². The highest BCUT2D eigenvalue weighted by Gasteiger charge is 2.23. The van der Waals surface area contributed by atoms with E-state index in [1.807, 2.05) is 45.0 Å². The van der Waals surface area contributed by atoms with Gasteiger partial charge in [-0.15, -0.1) is 5.10 Å². The Kier molecular flexibility index (Phi) is 5.74. The van der Waals surface area contributed by atoms with Crippen LogP contribution in [0.15, 0.2) is 24.3 Å². The Hall–Kier alpha value is -2.90. The van der Waals surface area contributed by atoms with Gasteiger partial charge < -0.3 is 14.7 Å². The molecule has 1 amide bonds. The van der Waals surface area contributed by atoms with Gasteiger partial charge in [-0.3, -0.25) is 9.59 Å². The van der Waals surface area contributed by atoms with E-state index in [1.165, 1.54) is 7.05 Å². The first-order valence-corrected chi connectivity index (χ1v) is 8.02. The van der Waals surface area contributed by atoms with Gasteiger partial charge in [0.15, 0.2) is 5.69 Å². The van der Waals surface area contributed by atoms with Crippen LogP contribution < -0.4 is 4.74 Å². The van der Waals surface area contributed by atoms with Gasteiger partial charge in [-0.1, -0.05) is 12.1 Å². The summed E-state index contributed by atoms with van der Waals surface area (Å²) in [5.41, 5.74) is 1.54. The highest BCUT2D eigenvalue weighted by Crippen LogP contribution is 2.19. The molecule has 1 aromatic carbocycles. The molecule has 0 unspecified atom stereocenters. The molecule has 2 aromatic rings. The van der Waals surface area contributed by atoms with Crippen LogP contribution in [0.2, 0.25) is 0 Å². The number of carbonyl (C=O) groups excluding carboxylic acids is 1. The summed E-state index contributed by atoms with van der Waals surface area (Å²) < 4.78 is 7.20. The van der Waals surface area contributed by atoms with Gasteiger partial charge in [-0.2, -0.15) is 0 Å². The topological polar surface area (TPSA) is 97.5 Å². The molecule has 0 bridgehead atoms. The quantitative estimate of drug-likeness (QED) is 0.820. The van der Waals surface area contributed by atoms with E-state index in [-0.39, 0.29) is 11.8 Å². The Morgan fingerprint density at radius 2 is 1.92 bits per heavy atom. The zero-order valence-corrected chi connectivity index (χ0v) is 14.8. The van der Waals surface area contributed by atoms with E-state index in [0.29, 0.717) is 12.1 Å². The van der Waals surface area contributed by atoms with E-state index in [4.69, 9.17) is 9.84 Å². The van der Waals surface area contributed by atoms with Gasteiger partial charge in [-0.25, -0.2) is 4.68 Å². The van der Waals surface area contributed by atoms with Crippen LogP contribution in [0.25, 0.3) is 5.69 Å². The minimum absolute atomic E-state index is 0.0809. The van der Waals surface area contributed by atoms with Crippen molar-refractivity contribution in [1.29, 1.82) is 0 Å². The molecule has 0 spiro atoms. The average molecular weight is 346 g/mol. The number of aromatic nitrogens is 3. The molecule has 1 aromatic heterocycles. The molecule has 25 heavy (non-hydrogen) atoms. The monoisotopic (exact) mass is 346 g/mol. The maximum atomic E-state index is 12.4. The zero-order chi connectivity index (χ0) is 18.6. The molecule has 0 radical (unpaired) electrons. The predicted octanol–water partition coefficient (Wildman–Crippen LogP) is 1.77. The van der Waals surface area contributed by atoms with E-state index in [9.17, 15) is 9.59 Å². The number of hydrogen-bond acceptors (Lipinski definition) is 5. The number of carbonyl (C=O) groups is 2. The van der Waals surface area contributed by atoms with Crippen molar-refractivity contribution in [2.45, 2.75) is 33.3 Å². The fourth-order valence-corrected chi connectivity index (χ4v) is 2.39. The molecule has 0 saturated carbocycles. The number of carboxylic acids is 1. The molecule has 0 atom stereocenters. The lowest BCUT2D eigenvalue weighted by molar-refractivity contribution is -0.137. The highest BCUT2D eigenvalue weighted by atomic mass is 16.5. The van der Waals surface area contributed by atoms with Crippen molar-refractivity contribution in [1.82, 2.24) is 19.9 Å². The van der Waals surface area contributed by atoms with E-state index >= 15 is 0 Å².